The number of carbonyl (C=O) groups is 2. The maximum absolute atomic E-state index is 12.4. The molecule has 1 saturated heterocycles. The van der Waals surface area contributed by atoms with Gasteiger partial charge in [-0.1, -0.05) is 0 Å². The Kier molecular flexibility index (Phi) is 3.54. The molecule has 19 heavy (non-hydrogen) atoms. The summed E-state index contributed by atoms with van der Waals surface area (Å²) < 4.78 is 0. The molecule has 1 atom stereocenters. The first-order valence-corrected chi connectivity index (χ1v) is 8.37. The summed E-state index contributed by atoms with van der Waals surface area (Å²) in [4.78, 5) is 27.1. The van der Waals surface area contributed by atoms with Gasteiger partial charge in [-0.25, -0.2) is 4.79 Å². The number of carboxylic acid groups (broad SMARTS) is 1. The van der Waals surface area contributed by atoms with Crippen molar-refractivity contribution in [3.05, 3.63) is 21.4 Å². The molecule has 4 nitrogen and oxygen atoms in total. The molecule has 0 aromatic carbocycles. The molecule has 0 radical (unpaired) electrons. The van der Waals surface area contributed by atoms with E-state index < -0.39 is 12.0 Å². The van der Waals surface area contributed by atoms with Crippen LogP contribution in [-0.2, 0) is 17.0 Å². The molecule has 0 bridgehead atoms. The van der Waals surface area contributed by atoms with Gasteiger partial charge in [-0.15, -0.1) is 11.3 Å². The van der Waals surface area contributed by atoms with Crippen LogP contribution in [0.4, 0.5) is 0 Å². The summed E-state index contributed by atoms with van der Waals surface area (Å²) in [5.41, 5.74) is 1.26. The van der Waals surface area contributed by atoms with E-state index in [1.165, 1.54) is 15.3 Å². The molecule has 2 aliphatic heterocycles. The minimum absolute atomic E-state index is 0.102. The molecule has 1 N–H and O–H groups in total. The van der Waals surface area contributed by atoms with E-state index in [9.17, 15) is 9.59 Å². The summed E-state index contributed by atoms with van der Waals surface area (Å²) in [5, 5.41) is 9.15. The predicted octanol–water partition coefficient (Wildman–Crippen LogP) is 2.23. The number of fused-ring (bicyclic) bond motifs is 1. The maximum atomic E-state index is 12.4. The molecule has 0 saturated carbocycles. The lowest BCUT2D eigenvalue weighted by molar-refractivity contribution is -0.141. The van der Waals surface area contributed by atoms with Crippen LogP contribution in [0.15, 0.2) is 6.07 Å². The molecule has 1 fully saturated rings. The van der Waals surface area contributed by atoms with E-state index in [0.29, 0.717) is 17.8 Å². The highest BCUT2D eigenvalue weighted by Crippen LogP contribution is 2.33. The molecule has 6 heteroatoms. The van der Waals surface area contributed by atoms with Gasteiger partial charge in [0, 0.05) is 17.2 Å². The largest absolute Gasteiger partial charge is 0.480 e. The third-order valence-corrected chi connectivity index (χ3v) is 5.87. The molecule has 102 valence electrons. The molecular weight excluding hydrogens is 282 g/mol. The van der Waals surface area contributed by atoms with Crippen LogP contribution in [0.3, 0.4) is 0 Å². The van der Waals surface area contributed by atoms with Gasteiger partial charge in [-0.05, 0) is 36.6 Å². The zero-order chi connectivity index (χ0) is 13.4. The van der Waals surface area contributed by atoms with Crippen molar-refractivity contribution in [2.75, 3.05) is 12.3 Å². The van der Waals surface area contributed by atoms with Crippen molar-refractivity contribution in [2.45, 2.75) is 31.1 Å². The molecule has 0 aliphatic carbocycles. The van der Waals surface area contributed by atoms with Crippen molar-refractivity contribution in [3.63, 3.8) is 0 Å². The first-order chi connectivity index (χ1) is 9.16. The van der Waals surface area contributed by atoms with Gasteiger partial charge >= 0.3 is 5.97 Å². The fourth-order valence-electron chi connectivity index (χ4n) is 2.66. The lowest BCUT2D eigenvalue weighted by atomic mass is 10.2. The number of nitrogens with zero attached hydrogens (tertiary/aromatic N) is 1. The number of carboxylic acids is 1. The first kappa shape index (κ1) is 13.0. The number of rotatable bonds is 2. The van der Waals surface area contributed by atoms with E-state index in [1.54, 1.807) is 11.3 Å². The second-order valence-corrected chi connectivity index (χ2v) is 7.10. The normalized spacial score (nSPS) is 22.3. The van der Waals surface area contributed by atoms with Gasteiger partial charge in [0.2, 0.25) is 0 Å². The Morgan fingerprint density at radius 3 is 3.00 bits per heavy atom. The Morgan fingerprint density at radius 2 is 2.26 bits per heavy atom. The van der Waals surface area contributed by atoms with Crippen LogP contribution in [0.2, 0.25) is 0 Å². The van der Waals surface area contributed by atoms with Crippen LogP contribution in [0.1, 0.15) is 33.0 Å². The van der Waals surface area contributed by atoms with Gasteiger partial charge in [0.1, 0.15) is 6.04 Å². The molecule has 1 aromatic rings. The Hall–Kier alpha value is -1.01. The summed E-state index contributed by atoms with van der Waals surface area (Å²) in [6, 6.07) is 1.33. The highest BCUT2D eigenvalue weighted by atomic mass is 32.2. The zero-order valence-electron chi connectivity index (χ0n) is 10.4. The average Bonchev–Trinajstić information content (AvgIpc) is 3.04. The molecule has 3 heterocycles. The van der Waals surface area contributed by atoms with Crippen molar-refractivity contribution in [1.82, 2.24) is 4.90 Å². The van der Waals surface area contributed by atoms with Gasteiger partial charge in [0.25, 0.3) is 5.91 Å². The van der Waals surface area contributed by atoms with E-state index in [1.807, 2.05) is 17.8 Å². The second kappa shape index (κ2) is 5.17. The molecule has 1 unspecified atom stereocenters. The van der Waals surface area contributed by atoms with E-state index >= 15 is 0 Å². The van der Waals surface area contributed by atoms with Crippen LogP contribution < -0.4 is 0 Å². The smallest absolute Gasteiger partial charge is 0.326 e. The van der Waals surface area contributed by atoms with Gasteiger partial charge < -0.3 is 10.0 Å². The second-order valence-electron chi connectivity index (χ2n) is 4.86. The third kappa shape index (κ3) is 2.39. The van der Waals surface area contributed by atoms with Gasteiger partial charge in [0.15, 0.2) is 0 Å². The molecule has 1 amide bonds. The molecule has 1 aromatic heterocycles. The van der Waals surface area contributed by atoms with Crippen LogP contribution in [0.25, 0.3) is 0 Å². The average molecular weight is 297 g/mol. The fourth-order valence-corrected chi connectivity index (χ4v) is 4.99. The summed E-state index contributed by atoms with van der Waals surface area (Å²) >= 11 is 3.43. The predicted molar refractivity (Wildman–Crippen MR) is 75.9 cm³/mol. The summed E-state index contributed by atoms with van der Waals surface area (Å²) in [5.74, 6) is 1.10. The highest BCUT2D eigenvalue weighted by Gasteiger charge is 2.35. The number of amides is 1. The number of aryl methyl sites for hydroxylation is 1. The monoisotopic (exact) mass is 297 g/mol. The van der Waals surface area contributed by atoms with Crippen molar-refractivity contribution in [3.8, 4) is 0 Å². The first-order valence-electron chi connectivity index (χ1n) is 6.40. The van der Waals surface area contributed by atoms with Gasteiger partial charge in [-0.3, -0.25) is 4.79 Å². The maximum Gasteiger partial charge on any atom is 0.326 e. The standard InChI is InChI=1S/C13H15NO3S2/c15-12(14-4-1-2-9(14)13(16)17)11-6-8-7-18-5-3-10(8)19-11/h6,9H,1-5,7H2,(H,16,17). The van der Waals surface area contributed by atoms with Crippen molar-refractivity contribution < 1.29 is 14.7 Å². The van der Waals surface area contributed by atoms with Crippen molar-refractivity contribution >= 4 is 35.0 Å². The van der Waals surface area contributed by atoms with Crippen LogP contribution in [0, 0.1) is 0 Å². The number of carbonyl (C=O) groups excluding carboxylic acids is 1. The Labute approximate surface area is 119 Å². The Morgan fingerprint density at radius 1 is 1.42 bits per heavy atom. The summed E-state index contributed by atoms with van der Waals surface area (Å²) in [7, 11) is 0. The minimum Gasteiger partial charge on any atom is -0.480 e. The zero-order valence-corrected chi connectivity index (χ0v) is 12.1. The van der Waals surface area contributed by atoms with Gasteiger partial charge in [0.05, 0.1) is 4.88 Å². The highest BCUT2D eigenvalue weighted by molar-refractivity contribution is 7.98. The van der Waals surface area contributed by atoms with E-state index in [0.717, 1.165) is 24.3 Å². The van der Waals surface area contributed by atoms with E-state index in [4.69, 9.17) is 5.11 Å². The molecule has 0 spiro atoms. The quantitative estimate of drug-likeness (QED) is 0.909. The number of hydrogen-bond acceptors (Lipinski definition) is 4. The number of likely N-dealkylation sites (tertiary alicyclic amines) is 1. The fraction of sp³-hybridized carbons (Fsp3) is 0.538. The van der Waals surface area contributed by atoms with E-state index in [-0.39, 0.29) is 5.91 Å². The van der Waals surface area contributed by atoms with Crippen LogP contribution in [0.5, 0.6) is 0 Å². The Bertz CT molecular complexity index is 502. The van der Waals surface area contributed by atoms with Crippen molar-refractivity contribution in [1.29, 1.82) is 0 Å². The van der Waals surface area contributed by atoms with Gasteiger partial charge in [-0.2, -0.15) is 11.8 Å². The number of thioether (sulfide) groups is 1. The third-order valence-electron chi connectivity index (χ3n) is 3.64. The van der Waals surface area contributed by atoms with Crippen LogP contribution in [-0.4, -0.2) is 40.2 Å². The van der Waals surface area contributed by atoms with Crippen molar-refractivity contribution in [2.24, 2.45) is 0 Å². The van der Waals surface area contributed by atoms with E-state index in [2.05, 4.69) is 0 Å². The lowest BCUT2D eigenvalue weighted by Gasteiger charge is -2.20. The lowest BCUT2D eigenvalue weighted by Crippen LogP contribution is -2.40. The SMILES string of the molecule is O=C(O)C1CCCN1C(=O)c1cc2c(s1)CCSC2. The molecule has 3 rings (SSSR count). The minimum atomic E-state index is -0.886. The molecular formula is C13H15NO3S2. The summed E-state index contributed by atoms with van der Waals surface area (Å²) in [6.45, 7) is 0.563. The Balaban J connectivity index is 1.83. The number of thiophene rings is 1. The summed E-state index contributed by atoms with van der Waals surface area (Å²) in [6.07, 6.45) is 2.38. The topological polar surface area (TPSA) is 57.6 Å². The number of aliphatic carboxylic acids is 1. The van der Waals surface area contributed by atoms with Crippen LogP contribution >= 0.6 is 23.1 Å². The number of hydrogen-bond donors (Lipinski definition) is 1. The molecule has 2 aliphatic rings.